The molecule has 1 saturated carbocycles. The Kier molecular flexibility index (Phi) is 3.64. The summed E-state index contributed by atoms with van der Waals surface area (Å²) in [6, 6.07) is 3.69. The molecule has 92 valence electrons. The Morgan fingerprint density at radius 2 is 2.24 bits per heavy atom. The van der Waals surface area contributed by atoms with Crippen molar-refractivity contribution in [3.63, 3.8) is 0 Å². The lowest BCUT2D eigenvalue weighted by atomic mass is 10.1. The van der Waals surface area contributed by atoms with Crippen LogP contribution in [-0.4, -0.2) is 11.9 Å². The minimum Gasteiger partial charge on any atom is -0.381 e. The van der Waals surface area contributed by atoms with Crippen LogP contribution in [0, 0.1) is 5.92 Å². The maximum absolute atomic E-state index is 11.4. The van der Waals surface area contributed by atoms with E-state index in [1.807, 2.05) is 0 Å². The maximum atomic E-state index is 11.4. The van der Waals surface area contributed by atoms with Crippen molar-refractivity contribution in [2.24, 2.45) is 11.7 Å². The van der Waals surface area contributed by atoms with E-state index in [0.29, 0.717) is 22.5 Å². The van der Waals surface area contributed by atoms with Crippen molar-refractivity contribution in [2.75, 3.05) is 5.32 Å². The first kappa shape index (κ1) is 12.7. The van der Waals surface area contributed by atoms with E-state index in [1.165, 1.54) is 12.8 Å². The Bertz CT molecular complexity index is 460. The zero-order chi connectivity index (χ0) is 12.6. The molecule has 0 saturated heterocycles. The van der Waals surface area contributed by atoms with Gasteiger partial charge < -0.3 is 11.1 Å². The SMILES string of the molecule is CC(Nc1c(Br)cc(Cl)cc1C(N)=O)C1CC1. The Hall–Kier alpha value is -0.740. The number of nitrogens with one attached hydrogen (secondary N) is 1. The Balaban J connectivity index is 2.32. The van der Waals surface area contributed by atoms with Crippen molar-refractivity contribution in [1.82, 2.24) is 0 Å². The van der Waals surface area contributed by atoms with Gasteiger partial charge in [0.2, 0.25) is 0 Å². The first-order valence-electron chi connectivity index (χ1n) is 5.54. The van der Waals surface area contributed by atoms with Crippen LogP contribution in [0.3, 0.4) is 0 Å². The van der Waals surface area contributed by atoms with Gasteiger partial charge in [-0.15, -0.1) is 0 Å². The highest BCUT2D eigenvalue weighted by molar-refractivity contribution is 9.10. The van der Waals surface area contributed by atoms with Gasteiger partial charge in [-0.25, -0.2) is 0 Å². The number of halogens is 2. The van der Waals surface area contributed by atoms with Crippen LogP contribution in [0.5, 0.6) is 0 Å². The normalized spacial score (nSPS) is 16.6. The molecule has 0 radical (unpaired) electrons. The lowest BCUT2D eigenvalue weighted by molar-refractivity contribution is 0.100. The molecule has 1 aromatic carbocycles. The lowest BCUT2D eigenvalue weighted by Gasteiger charge is -2.18. The summed E-state index contributed by atoms with van der Waals surface area (Å²) >= 11 is 9.32. The second-order valence-electron chi connectivity index (χ2n) is 4.44. The molecule has 0 bridgehead atoms. The van der Waals surface area contributed by atoms with Gasteiger partial charge in [0.1, 0.15) is 0 Å². The number of rotatable bonds is 4. The topological polar surface area (TPSA) is 55.1 Å². The van der Waals surface area contributed by atoms with E-state index in [-0.39, 0.29) is 0 Å². The molecule has 0 heterocycles. The van der Waals surface area contributed by atoms with Gasteiger partial charge in [0, 0.05) is 15.5 Å². The molecule has 0 aromatic heterocycles. The van der Waals surface area contributed by atoms with Gasteiger partial charge in [0.25, 0.3) is 5.91 Å². The van der Waals surface area contributed by atoms with Gasteiger partial charge in [0.05, 0.1) is 11.3 Å². The maximum Gasteiger partial charge on any atom is 0.250 e. The minimum atomic E-state index is -0.473. The van der Waals surface area contributed by atoms with E-state index in [2.05, 4.69) is 28.2 Å². The van der Waals surface area contributed by atoms with Crippen molar-refractivity contribution < 1.29 is 4.79 Å². The fourth-order valence-corrected chi connectivity index (χ4v) is 2.78. The molecule has 1 atom stereocenters. The third-order valence-corrected chi connectivity index (χ3v) is 3.87. The number of benzene rings is 1. The predicted octanol–water partition coefficient (Wildman–Crippen LogP) is 3.41. The molecule has 1 aliphatic rings. The van der Waals surface area contributed by atoms with Gasteiger partial charge in [0.15, 0.2) is 0 Å². The van der Waals surface area contributed by atoms with E-state index in [9.17, 15) is 4.79 Å². The van der Waals surface area contributed by atoms with Crippen LogP contribution in [0.1, 0.15) is 30.1 Å². The number of carbonyl (C=O) groups excluding carboxylic acids is 1. The molecule has 1 fully saturated rings. The molecule has 0 spiro atoms. The number of primary amides is 1. The molecule has 1 amide bonds. The van der Waals surface area contributed by atoms with Crippen molar-refractivity contribution in [3.8, 4) is 0 Å². The summed E-state index contributed by atoms with van der Waals surface area (Å²) in [5, 5.41) is 3.84. The number of hydrogen-bond acceptors (Lipinski definition) is 2. The van der Waals surface area contributed by atoms with Crippen molar-refractivity contribution in [1.29, 1.82) is 0 Å². The van der Waals surface area contributed by atoms with Crippen LogP contribution < -0.4 is 11.1 Å². The van der Waals surface area contributed by atoms with E-state index in [0.717, 1.165) is 10.2 Å². The van der Waals surface area contributed by atoms with Crippen LogP contribution in [0.25, 0.3) is 0 Å². The van der Waals surface area contributed by atoms with Gasteiger partial charge in [-0.05, 0) is 53.7 Å². The number of anilines is 1. The Morgan fingerprint density at radius 3 is 2.76 bits per heavy atom. The third kappa shape index (κ3) is 2.93. The molecule has 1 aromatic rings. The number of hydrogen-bond donors (Lipinski definition) is 2. The molecule has 3 N–H and O–H groups in total. The summed E-state index contributed by atoms with van der Waals surface area (Å²) in [4.78, 5) is 11.4. The molecule has 0 aliphatic heterocycles. The summed E-state index contributed by atoms with van der Waals surface area (Å²) in [5.74, 6) is 0.219. The quantitative estimate of drug-likeness (QED) is 0.894. The molecule has 3 nitrogen and oxygen atoms in total. The van der Waals surface area contributed by atoms with Gasteiger partial charge in [-0.1, -0.05) is 11.6 Å². The zero-order valence-electron chi connectivity index (χ0n) is 9.47. The monoisotopic (exact) mass is 316 g/mol. The summed E-state index contributed by atoms with van der Waals surface area (Å²) in [5.41, 5.74) is 6.53. The lowest BCUT2D eigenvalue weighted by Crippen LogP contribution is -2.21. The van der Waals surface area contributed by atoms with Gasteiger partial charge in [-0.2, -0.15) is 0 Å². The molecule has 1 aliphatic carbocycles. The van der Waals surface area contributed by atoms with Crippen LogP contribution >= 0.6 is 27.5 Å². The van der Waals surface area contributed by atoms with Gasteiger partial charge >= 0.3 is 0 Å². The zero-order valence-corrected chi connectivity index (χ0v) is 11.8. The van der Waals surface area contributed by atoms with Crippen molar-refractivity contribution >= 4 is 39.1 Å². The minimum absolute atomic E-state index is 0.338. The smallest absolute Gasteiger partial charge is 0.250 e. The van der Waals surface area contributed by atoms with Crippen LogP contribution in [0.2, 0.25) is 5.02 Å². The van der Waals surface area contributed by atoms with E-state index >= 15 is 0 Å². The Morgan fingerprint density at radius 1 is 1.59 bits per heavy atom. The Labute approximate surface area is 114 Å². The number of nitrogens with two attached hydrogens (primary N) is 1. The second kappa shape index (κ2) is 4.86. The summed E-state index contributed by atoms with van der Waals surface area (Å²) in [6.45, 7) is 2.11. The highest BCUT2D eigenvalue weighted by Crippen LogP contribution is 2.37. The summed E-state index contributed by atoms with van der Waals surface area (Å²) in [7, 11) is 0. The average molecular weight is 318 g/mol. The van der Waals surface area contributed by atoms with E-state index < -0.39 is 5.91 Å². The van der Waals surface area contributed by atoms with E-state index in [1.54, 1.807) is 12.1 Å². The fraction of sp³-hybridized carbons (Fsp3) is 0.417. The first-order chi connectivity index (χ1) is 7.99. The predicted molar refractivity (Wildman–Crippen MR) is 73.5 cm³/mol. The van der Waals surface area contributed by atoms with Crippen molar-refractivity contribution in [3.05, 3.63) is 27.2 Å². The summed E-state index contributed by atoms with van der Waals surface area (Å²) < 4.78 is 0.770. The third-order valence-electron chi connectivity index (χ3n) is 3.02. The van der Waals surface area contributed by atoms with Crippen LogP contribution in [-0.2, 0) is 0 Å². The summed E-state index contributed by atoms with van der Waals surface area (Å²) in [6.07, 6.45) is 2.48. The largest absolute Gasteiger partial charge is 0.381 e. The highest BCUT2D eigenvalue weighted by atomic mass is 79.9. The number of carbonyl (C=O) groups is 1. The molecular formula is C12H14BrClN2O. The standard InChI is InChI=1S/C12H14BrClN2O/c1-6(7-2-3-7)16-11-9(12(15)17)4-8(14)5-10(11)13/h4-7,16H,2-3H2,1H3,(H2,15,17). The van der Waals surface area contributed by atoms with E-state index in [4.69, 9.17) is 17.3 Å². The molecular weight excluding hydrogens is 304 g/mol. The fourth-order valence-electron chi connectivity index (χ4n) is 1.86. The molecule has 1 unspecified atom stereocenters. The first-order valence-corrected chi connectivity index (χ1v) is 6.71. The molecule has 17 heavy (non-hydrogen) atoms. The average Bonchev–Trinajstić information content (AvgIpc) is 3.04. The highest BCUT2D eigenvalue weighted by Gasteiger charge is 2.29. The van der Waals surface area contributed by atoms with Crippen LogP contribution in [0.15, 0.2) is 16.6 Å². The van der Waals surface area contributed by atoms with Gasteiger partial charge in [-0.3, -0.25) is 4.79 Å². The molecule has 5 heteroatoms. The second-order valence-corrected chi connectivity index (χ2v) is 5.74. The number of amides is 1. The van der Waals surface area contributed by atoms with Crippen molar-refractivity contribution in [2.45, 2.75) is 25.8 Å². The molecule has 2 rings (SSSR count). The van der Waals surface area contributed by atoms with Crippen LogP contribution in [0.4, 0.5) is 5.69 Å².